The number of carbonyl (C=O) groups excluding carboxylic acids is 1. The van der Waals surface area contributed by atoms with Crippen LogP contribution in [0.25, 0.3) is 10.9 Å². The normalized spacial score (nSPS) is 11.4. The lowest BCUT2D eigenvalue weighted by Gasteiger charge is -2.20. The molecule has 0 bridgehead atoms. The van der Waals surface area contributed by atoms with Gasteiger partial charge in [-0.3, -0.25) is 4.98 Å². The molecule has 0 fully saturated rings. The van der Waals surface area contributed by atoms with Gasteiger partial charge in [-0.1, -0.05) is 6.07 Å². The van der Waals surface area contributed by atoms with Gasteiger partial charge in [0.15, 0.2) is 0 Å². The molecular formula is C15H17FN2O2. The molecule has 0 atom stereocenters. The Morgan fingerprint density at radius 3 is 2.80 bits per heavy atom. The van der Waals surface area contributed by atoms with Crippen LogP contribution in [0, 0.1) is 5.82 Å². The molecule has 0 aliphatic heterocycles. The maximum absolute atomic E-state index is 13.9. The highest BCUT2D eigenvalue weighted by atomic mass is 19.1. The van der Waals surface area contributed by atoms with Gasteiger partial charge in [0.25, 0.3) is 0 Å². The Morgan fingerprint density at radius 2 is 2.10 bits per heavy atom. The van der Waals surface area contributed by atoms with Crippen LogP contribution >= 0.6 is 0 Å². The van der Waals surface area contributed by atoms with Gasteiger partial charge in [-0.2, -0.15) is 0 Å². The van der Waals surface area contributed by atoms with Crippen LogP contribution in [-0.2, 0) is 11.3 Å². The monoisotopic (exact) mass is 276 g/mol. The fourth-order valence-electron chi connectivity index (χ4n) is 1.84. The molecule has 4 nitrogen and oxygen atoms in total. The van der Waals surface area contributed by atoms with Gasteiger partial charge in [-0.15, -0.1) is 0 Å². The minimum Gasteiger partial charge on any atom is -0.444 e. The fourth-order valence-corrected chi connectivity index (χ4v) is 1.84. The lowest BCUT2D eigenvalue weighted by Crippen LogP contribution is -2.32. The highest BCUT2D eigenvalue weighted by molar-refractivity contribution is 5.82. The molecule has 20 heavy (non-hydrogen) atoms. The molecule has 0 aliphatic carbocycles. The first-order valence-electron chi connectivity index (χ1n) is 6.36. The van der Waals surface area contributed by atoms with Crippen molar-refractivity contribution in [3.05, 3.63) is 41.8 Å². The van der Waals surface area contributed by atoms with E-state index in [0.29, 0.717) is 16.5 Å². The number of amides is 1. The molecule has 2 rings (SSSR count). The fraction of sp³-hybridized carbons (Fsp3) is 0.333. The highest BCUT2D eigenvalue weighted by Crippen LogP contribution is 2.20. The number of alkyl carbamates (subject to hydrolysis) is 1. The van der Waals surface area contributed by atoms with Gasteiger partial charge in [0.05, 0.1) is 5.52 Å². The number of benzene rings is 1. The zero-order valence-electron chi connectivity index (χ0n) is 11.7. The quantitative estimate of drug-likeness (QED) is 0.914. The van der Waals surface area contributed by atoms with Crippen molar-refractivity contribution in [2.24, 2.45) is 0 Å². The van der Waals surface area contributed by atoms with Gasteiger partial charge in [-0.25, -0.2) is 9.18 Å². The second kappa shape index (κ2) is 5.45. The van der Waals surface area contributed by atoms with E-state index in [2.05, 4.69) is 10.3 Å². The number of nitrogens with one attached hydrogen (secondary N) is 1. The second-order valence-electron chi connectivity index (χ2n) is 5.45. The van der Waals surface area contributed by atoms with Crippen molar-refractivity contribution in [1.82, 2.24) is 10.3 Å². The Kier molecular flexibility index (Phi) is 3.88. The average molecular weight is 276 g/mol. The van der Waals surface area contributed by atoms with Gasteiger partial charge in [0.2, 0.25) is 0 Å². The van der Waals surface area contributed by atoms with Gasteiger partial charge < -0.3 is 10.1 Å². The summed E-state index contributed by atoms with van der Waals surface area (Å²) in [5.74, 6) is -0.374. The zero-order chi connectivity index (χ0) is 14.8. The standard InChI is InChI=1S/C15H17FN2O2/c1-15(2,3)20-14(19)18-9-11-10-5-4-8-17-13(10)7-6-12(11)16/h4-8H,9H2,1-3H3,(H,18,19). The van der Waals surface area contributed by atoms with Gasteiger partial charge >= 0.3 is 6.09 Å². The molecule has 1 aromatic carbocycles. The highest BCUT2D eigenvalue weighted by Gasteiger charge is 2.16. The molecule has 0 unspecified atom stereocenters. The van der Waals surface area contributed by atoms with E-state index in [-0.39, 0.29) is 12.4 Å². The van der Waals surface area contributed by atoms with Gasteiger partial charge in [-0.05, 0) is 39.0 Å². The van der Waals surface area contributed by atoms with Crippen molar-refractivity contribution in [3.63, 3.8) is 0 Å². The maximum atomic E-state index is 13.9. The molecule has 2 aromatic rings. The summed E-state index contributed by atoms with van der Waals surface area (Å²) in [6, 6.07) is 6.47. The Balaban J connectivity index is 2.18. The van der Waals surface area contributed by atoms with Crippen LogP contribution in [0.4, 0.5) is 9.18 Å². The molecule has 5 heteroatoms. The number of hydrogen-bond acceptors (Lipinski definition) is 3. The maximum Gasteiger partial charge on any atom is 0.407 e. The van der Waals surface area contributed by atoms with Crippen LogP contribution in [0.15, 0.2) is 30.5 Å². The summed E-state index contributed by atoms with van der Waals surface area (Å²) in [4.78, 5) is 15.8. The largest absolute Gasteiger partial charge is 0.444 e. The Morgan fingerprint density at radius 1 is 1.35 bits per heavy atom. The number of carbonyl (C=O) groups is 1. The van der Waals surface area contributed by atoms with E-state index in [1.54, 1.807) is 45.2 Å². The van der Waals surface area contributed by atoms with Crippen LogP contribution in [0.3, 0.4) is 0 Å². The van der Waals surface area contributed by atoms with Crippen LogP contribution in [-0.4, -0.2) is 16.7 Å². The van der Waals surface area contributed by atoms with E-state index in [1.165, 1.54) is 6.07 Å². The molecule has 1 N–H and O–H groups in total. The van der Waals surface area contributed by atoms with E-state index in [1.807, 2.05) is 0 Å². The summed E-state index contributed by atoms with van der Waals surface area (Å²) in [5, 5.41) is 3.24. The van der Waals surface area contributed by atoms with Crippen molar-refractivity contribution in [3.8, 4) is 0 Å². The topological polar surface area (TPSA) is 51.2 Å². The average Bonchev–Trinajstić information content (AvgIpc) is 2.35. The number of halogens is 1. The van der Waals surface area contributed by atoms with Crippen LogP contribution in [0.1, 0.15) is 26.3 Å². The van der Waals surface area contributed by atoms with Crippen molar-refractivity contribution in [2.75, 3.05) is 0 Å². The molecule has 0 saturated heterocycles. The third-order valence-electron chi connectivity index (χ3n) is 2.65. The first-order chi connectivity index (χ1) is 9.37. The van der Waals surface area contributed by atoms with Crippen LogP contribution < -0.4 is 5.32 Å². The van der Waals surface area contributed by atoms with E-state index >= 15 is 0 Å². The van der Waals surface area contributed by atoms with E-state index in [9.17, 15) is 9.18 Å². The number of ether oxygens (including phenoxy) is 1. The van der Waals surface area contributed by atoms with E-state index in [4.69, 9.17) is 4.74 Å². The van der Waals surface area contributed by atoms with E-state index < -0.39 is 11.7 Å². The molecule has 1 aromatic heterocycles. The molecule has 0 aliphatic rings. The number of nitrogens with zero attached hydrogens (tertiary/aromatic N) is 1. The number of fused-ring (bicyclic) bond motifs is 1. The molecule has 0 spiro atoms. The zero-order valence-corrected chi connectivity index (χ0v) is 11.7. The predicted octanol–water partition coefficient (Wildman–Crippen LogP) is 3.40. The molecule has 0 saturated carbocycles. The Labute approximate surface area is 117 Å². The molecule has 1 heterocycles. The molecule has 1 amide bonds. The summed E-state index contributed by atoms with van der Waals surface area (Å²) in [6.07, 6.45) is 1.07. The summed E-state index contributed by atoms with van der Waals surface area (Å²) in [7, 11) is 0. The third-order valence-corrected chi connectivity index (χ3v) is 2.65. The van der Waals surface area contributed by atoms with E-state index in [0.717, 1.165) is 0 Å². The van der Waals surface area contributed by atoms with Crippen molar-refractivity contribution >= 4 is 17.0 Å². The third kappa shape index (κ3) is 3.44. The first kappa shape index (κ1) is 14.2. The predicted molar refractivity (Wildman–Crippen MR) is 74.8 cm³/mol. The lowest BCUT2D eigenvalue weighted by molar-refractivity contribution is 0.0523. The van der Waals surface area contributed by atoms with Crippen LogP contribution in [0.2, 0.25) is 0 Å². The Bertz CT molecular complexity index is 635. The summed E-state index contributed by atoms with van der Waals surface area (Å²) >= 11 is 0. The summed E-state index contributed by atoms with van der Waals surface area (Å²) < 4.78 is 19.0. The second-order valence-corrected chi connectivity index (χ2v) is 5.45. The molecule has 0 radical (unpaired) electrons. The summed E-state index contributed by atoms with van der Waals surface area (Å²) in [5.41, 5.74) is 0.513. The number of rotatable bonds is 2. The number of pyridine rings is 1. The van der Waals surface area contributed by atoms with Crippen LogP contribution in [0.5, 0.6) is 0 Å². The van der Waals surface area contributed by atoms with Crippen molar-refractivity contribution < 1.29 is 13.9 Å². The molecular weight excluding hydrogens is 259 g/mol. The van der Waals surface area contributed by atoms with Crippen molar-refractivity contribution in [1.29, 1.82) is 0 Å². The number of hydrogen-bond donors (Lipinski definition) is 1. The summed E-state index contributed by atoms with van der Waals surface area (Å²) in [6.45, 7) is 5.38. The molecule has 106 valence electrons. The number of aromatic nitrogens is 1. The Hall–Kier alpha value is -2.17. The lowest BCUT2D eigenvalue weighted by atomic mass is 10.1. The first-order valence-corrected chi connectivity index (χ1v) is 6.36. The van der Waals surface area contributed by atoms with Crippen molar-refractivity contribution in [2.45, 2.75) is 32.9 Å². The smallest absolute Gasteiger partial charge is 0.407 e. The van der Waals surface area contributed by atoms with Gasteiger partial charge in [0, 0.05) is 23.7 Å². The SMILES string of the molecule is CC(C)(C)OC(=O)NCc1c(F)ccc2ncccc12. The minimum absolute atomic E-state index is 0.0593. The van der Waals surface area contributed by atoms with Gasteiger partial charge in [0.1, 0.15) is 11.4 Å². The minimum atomic E-state index is -0.580.